The maximum atomic E-state index is 11.9. The van der Waals surface area contributed by atoms with E-state index >= 15 is 0 Å². The van der Waals surface area contributed by atoms with Gasteiger partial charge in [-0.05, 0) is 12.1 Å². The van der Waals surface area contributed by atoms with Crippen molar-refractivity contribution in [2.45, 2.75) is 6.18 Å². The predicted molar refractivity (Wildman–Crippen MR) is 49.9 cm³/mol. The van der Waals surface area contributed by atoms with Gasteiger partial charge in [-0.2, -0.15) is 13.2 Å². The van der Waals surface area contributed by atoms with E-state index < -0.39 is 12.8 Å². The van der Waals surface area contributed by atoms with Crippen LogP contribution < -0.4 is 9.47 Å². The standard InChI is InChI=1S/C10H9F3O3/c1-15-9-4-8(3-2-7(9)5-14)16-6-10(11,12)13/h2-5H,6H2,1H3. The van der Waals surface area contributed by atoms with Crippen LogP contribution >= 0.6 is 0 Å². The smallest absolute Gasteiger partial charge is 0.422 e. The normalized spacial score (nSPS) is 11.0. The highest BCUT2D eigenvalue weighted by molar-refractivity contribution is 5.79. The van der Waals surface area contributed by atoms with Crippen LogP contribution in [-0.2, 0) is 0 Å². The van der Waals surface area contributed by atoms with Gasteiger partial charge in [-0.25, -0.2) is 0 Å². The van der Waals surface area contributed by atoms with E-state index in [0.717, 1.165) is 0 Å². The number of methoxy groups -OCH3 is 1. The average molecular weight is 234 g/mol. The summed E-state index contributed by atoms with van der Waals surface area (Å²) in [6.07, 6.45) is -3.84. The third-order valence-electron chi connectivity index (χ3n) is 1.73. The summed E-state index contributed by atoms with van der Waals surface area (Å²) >= 11 is 0. The second kappa shape index (κ2) is 4.87. The van der Waals surface area contributed by atoms with Gasteiger partial charge in [0, 0.05) is 6.07 Å². The first-order valence-corrected chi connectivity index (χ1v) is 4.29. The number of benzene rings is 1. The number of carbonyl (C=O) groups is 1. The van der Waals surface area contributed by atoms with E-state index in [-0.39, 0.29) is 17.1 Å². The number of hydrogen-bond donors (Lipinski definition) is 0. The Morgan fingerprint density at radius 3 is 2.56 bits per heavy atom. The molecule has 0 saturated heterocycles. The molecule has 0 saturated carbocycles. The molecule has 3 nitrogen and oxygen atoms in total. The zero-order chi connectivity index (χ0) is 12.2. The maximum Gasteiger partial charge on any atom is 0.422 e. The summed E-state index contributed by atoms with van der Waals surface area (Å²) in [5.74, 6) is 0.175. The van der Waals surface area contributed by atoms with Crippen molar-refractivity contribution < 1.29 is 27.4 Å². The predicted octanol–water partition coefficient (Wildman–Crippen LogP) is 2.45. The lowest BCUT2D eigenvalue weighted by molar-refractivity contribution is -0.153. The number of hydrogen-bond acceptors (Lipinski definition) is 3. The molecule has 0 amide bonds. The molecular formula is C10H9F3O3. The van der Waals surface area contributed by atoms with Crippen LogP contribution in [0, 0.1) is 0 Å². The first-order valence-electron chi connectivity index (χ1n) is 4.29. The minimum Gasteiger partial charge on any atom is -0.496 e. The number of ether oxygens (including phenoxy) is 2. The van der Waals surface area contributed by atoms with E-state index in [1.807, 2.05) is 0 Å². The SMILES string of the molecule is COc1cc(OCC(F)(F)F)ccc1C=O. The maximum absolute atomic E-state index is 11.9. The van der Waals surface area contributed by atoms with Gasteiger partial charge in [0.1, 0.15) is 11.5 Å². The number of carbonyl (C=O) groups excluding carboxylic acids is 1. The van der Waals surface area contributed by atoms with E-state index in [2.05, 4.69) is 4.74 Å². The Morgan fingerprint density at radius 2 is 2.06 bits per heavy atom. The second-order valence-corrected chi connectivity index (χ2v) is 2.93. The zero-order valence-corrected chi connectivity index (χ0v) is 8.38. The molecule has 1 aromatic rings. The van der Waals surface area contributed by atoms with E-state index in [0.29, 0.717) is 6.29 Å². The molecule has 0 bridgehead atoms. The van der Waals surface area contributed by atoms with E-state index in [9.17, 15) is 18.0 Å². The summed E-state index contributed by atoms with van der Waals surface area (Å²) in [5.41, 5.74) is 0.252. The number of rotatable bonds is 4. The largest absolute Gasteiger partial charge is 0.496 e. The van der Waals surface area contributed by atoms with Gasteiger partial charge in [0.25, 0.3) is 0 Å². The number of aldehydes is 1. The molecule has 0 heterocycles. The molecule has 6 heteroatoms. The fourth-order valence-electron chi connectivity index (χ4n) is 1.04. The van der Waals surface area contributed by atoms with Crippen molar-refractivity contribution in [1.82, 2.24) is 0 Å². The lowest BCUT2D eigenvalue weighted by atomic mass is 10.2. The number of alkyl halides is 3. The Balaban J connectivity index is 2.79. The Hall–Kier alpha value is -1.72. The topological polar surface area (TPSA) is 35.5 Å². The summed E-state index contributed by atoms with van der Waals surface area (Å²) in [4.78, 5) is 10.5. The molecule has 0 spiro atoms. The van der Waals surface area contributed by atoms with Gasteiger partial charge in [-0.15, -0.1) is 0 Å². The first-order chi connectivity index (χ1) is 7.46. The Labute approximate surface area is 89.8 Å². The lowest BCUT2D eigenvalue weighted by Crippen LogP contribution is -2.19. The first kappa shape index (κ1) is 12.4. The van der Waals surface area contributed by atoms with Crippen LogP contribution in [0.4, 0.5) is 13.2 Å². The van der Waals surface area contributed by atoms with Crippen molar-refractivity contribution >= 4 is 6.29 Å². The zero-order valence-electron chi connectivity index (χ0n) is 8.38. The van der Waals surface area contributed by atoms with Crippen LogP contribution in [0.25, 0.3) is 0 Å². The molecule has 0 unspecified atom stereocenters. The molecule has 0 aliphatic rings. The van der Waals surface area contributed by atoms with Gasteiger partial charge in [0.2, 0.25) is 0 Å². The van der Waals surface area contributed by atoms with Gasteiger partial charge in [-0.3, -0.25) is 4.79 Å². The van der Waals surface area contributed by atoms with Crippen LogP contribution in [-0.4, -0.2) is 26.2 Å². The van der Waals surface area contributed by atoms with E-state index in [1.165, 1.54) is 25.3 Å². The summed E-state index contributed by atoms with van der Waals surface area (Å²) in [6, 6.07) is 3.84. The minimum absolute atomic E-state index is 0.000208. The monoisotopic (exact) mass is 234 g/mol. The highest BCUT2D eigenvalue weighted by atomic mass is 19.4. The molecular weight excluding hydrogens is 225 g/mol. The fraction of sp³-hybridized carbons (Fsp3) is 0.300. The van der Waals surface area contributed by atoms with E-state index in [1.54, 1.807) is 0 Å². The lowest BCUT2D eigenvalue weighted by Gasteiger charge is -2.10. The van der Waals surface area contributed by atoms with Crippen molar-refractivity contribution in [1.29, 1.82) is 0 Å². The summed E-state index contributed by atoms with van der Waals surface area (Å²) in [6.45, 7) is -1.38. The Kier molecular flexibility index (Phi) is 3.76. The molecule has 0 fully saturated rings. The van der Waals surface area contributed by atoms with E-state index in [4.69, 9.17) is 4.74 Å². The quantitative estimate of drug-likeness (QED) is 0.750. The molecule has 0 N–H and O–H groups in total. The Bertz CT molecular complexity index is 374. The molecule has 0 aliphatic carbocycles. The summed E-state index contributed by atoms with van der Waals surface area (Å²) in [5, 5.41) is 0. The molecule has 16 heavy (non-hydrogen) atoms. The highest BCUT2D eigenvalue weighted by Crippen LogP contribution is 2.25. The van der Waals surface area contributed by atoms with Gasteiger partial charge in [0.05, 0.1) is 12.7 Å². The van der Waals surface area contributed by atoms with Crippen LogP contribution in [0.1, 0.15) is 10.4 Å². The van der Waals surface area contributed by atoms with Crippen LogP contribution in [0.2, 0.25) is 0 Å². The van der Waals surface area contributed by atoms with Crippen molar-refractivity contribution in [2.75, 3.05) is 13.7 Å². The molecule has 0 aliphatic heterocycles. The fourth-order valence-corrected chi connectivity index (χ4v) is 1.04. The third kappa shape index (κ3) is 3.45. The van der Waals surface area contributed by atoms with Crippen molar-refractivity contribution in [3.05, 3.63) is 23.8 Å². The highest BCUT2D eigenvalue weighted by Gasteiger charge is 2.28. The Morgan fingerprint density at radius 1 is 1.38 bits per heavy atom. The van der Waals surface area contributed by atoms with Crippen LogP contribution in [0.5, 0.6) is 11.5 Å². The number of halogens is 3. The van der Waals surface area contributed by atoms with Gasteiger partial charge >= 0.3 is 6.18 Å². The average Bonchev–Trinajstić information content (AvgIpc) is 2.25. The molecule has 0 atom stereocenters. The van der Waals surface area contributed by atoms with Crippen LogP contribution in [0.15, 0.2) is 18.2 Å². The summed E-state index contributed by atoms with van der Waals surface area (Å²) in [7, 11) is 1.32. The van der Waals surface area contributed by atoms with Crippen LogP contribution in [0.3, 0.4) is 0 Å². The van der Waals surface area contributed by atoms with Crippen molar-refractivity contribution in [3.63, 3.8) is 0 Å². The minimum atomic E-state index is -4.39. The molecule has 1 aromatic carbocycles. The van der Waals surface area contributed by atoms with Gasteiger partial charge < -0.3 is 9.47 Å². The third-order valence-corrected chi connectivity index (χ3v) is 1.73. The molecule has 88 valence electrons. The van der Waals surface area contributed by atoms with Gasteiger partial charge in [-0.1, -0.05) is 0 Å². The van der Waals surface area contributed by atoms with Crippen molar-refractivity contribution in [2.24, 2.45) is 0 Å². The summed E-state index contributed by atoms with van der Waals surface area (Å²) < 4.78 is 44.9. The second-order valence-electron chi connectivity index (χ2n) is 2.93. The van der Waals surface area contributed by atoms with Crippen molar-refractivity contribution in [3.8, 4) is 11.5 Å². The molecule has 1 rings (SSSR count). The molecule has 0 aromatic heterocycles. The molecule has 0 radical (unpaired) electrons. The van der Waals surface area contributed by atoms with Gasteiger partial charge in [0.15, 0.2) is 12.9 Å².